The lowest BCUT2D eigenvalue weighted by atomic mass is 10.2. The lowest BCUT2D eigenvalue weighted by Crippen LogP contribution is -2.01. The number of nitrogens with zero attached hydrogens (tertiary/aromatic N) is 2. The molecule has 0 atom stereocenters. The van der Waals surface area contributed by atoms with E-state index in [0.29, 0.717) is 5.69 Å². The lowest BCUT2D eigenvalue weighted by molar-refractivity contribution is 0.0601. The number of ether oxygens (including phenoxy) is 1. The highest BCUT2D eigenvalue weighted by Crippen LogP contribution is 2.20. The summed E-state index contributed by atoms with van der Waals surface area (Å²) in [5.74, 6) is -2.49. The molecule has 0 heterocycles. The number of benzene rings is 2. The first kappa shape index (κ1) is 14.6. The van der Waals surface area contributed by atoms with Gasteiger partial charge in [-0.05, 0) is 24.3 Å². The monoisotopic (exact) mass is 291 g/mol. The zero-order valence-corrected chi connectivity index (χ0v) is 11.0. The third-order valence-electron chi connectivity index (χ3n) is 2.57. The van der Waals surface area contributed by atoms with Gasteiger partial charge in [0.05, 0.1) is 18.4 Å². The molecular formula is C14H11F2N3O2. The van der Waals surface area contributed by atoms with Gasteiger partial charge in [-0.15, -0.1) is 5.11 Å². The molecule has 2 rings (SSSR count). The predicted octanol–water partition coefficient (Wildman–Crippen LogP) is 3.86. The highest BCUT2D eigenvalue weighted by Gasteiger charge is 2.10. The largest absolute Gasteiger partial charge is 0.465 e. The number of rotatable bonds is 4. The normalized spacial score (nSPS) is 10.6. The van der Waals surface area contributed by atoms with Crippen molar-refractivity contribution in [2.45, 2.75) is 0 Å². The summed E-state index contributed by atoms with van der Waals surface area (Å²) in [5.41, 5.74) is 3.21. The lowest BCUT2D eigenvalue weighted by Gasteiger charge is -2.02. The Balaban J connectivity index is 2.14. The van der Waals surface area contributed by atoms with Crippen molar-refractivity contribution in [2.24, 2.45) is 10.3 Å². The van der Waals surface area contributed by atoms with Gasteiger partial charge in [0.2, 0.25) is 0 Å². The van der Waals surface area contributed by atoms with Crippen LogP contribution >= 0.6 is 0 Å². The van der Waals surface area contributed by atoms with Gasteiger partial charge in [0.1, 0.15) is 5.69 Å². The number of halogens is 2. The fourth-order valence-corrected chi connectivity index (χ4v) is 1.55. The summed E-state index contributed by atoms with van der Waals surface area (Å²) in [4.78, 5) is 11.5. The predicted molar refractivity (Wildman–Crippen MR) is 72.3 cm³/mol. The molecule has 1 N–H and O–H groups in total. The standard InChI is InChI=1S/C14H11F2N3O2/c1-21-14(20)10-4-2-3-5-13(10)18-19-17-9-6-7-11(15)12(16)8-9/h2-8H,1H3,(H,17,18). The van der Waals surface area contributed by atoms with E-state index in [0.717, 1.165) is 12.1 Å². The molecule has 2 aromatic carbocycles. The van der Waals surface area contributed by atoms with Crippen LogP contribution < -0.4 is 5.43 Å². The van der Waals surface area contributed by atoms with Crippen molar-refractivity contribution in [1.29, 1.82) is 0 Å². The van der Waals surface area contributed by atoms with Crippen molar-refractivity contribution < 1.29 is 18.3 Å². The molecule has 7 heteroatoms. The van der Waals surface area contributed by atoms with E-state index in [1.165, 1.54) is 19.2 Å². The summed E-state index contributed by atoms with van der Waals surface area (Å²) in [6, 6.07) is 9.67. The van der Waals surface area contributed by atoms with Crippen LogP contribution in [0.2, 0.25) is 0 Å². The van der Waals surface area contributed by atoms with E-state index in [4.69, 9.17) is 0 Å². The second-order valence-electron chi connectivity index (χ2n) is 3.95. The van der Waals surface area contributed by atoms with E-state index < -0.39 is 17.6 Å². The van der Waals surface area contributed by atoms with Crippen molar-refractivity contribution in [2.75, 3.05) is 12.5 Å². The summed E-state index contributed by atoms with van der Waals surface area (Å²) in [6.45, 7) is 0. The van der Waals surface area contributed by atoms with Crippen molar-refractivity contribution in [1.82, 2.24) is 0 Å². The van der Waals surface area contributed by atoms with Crippen LogP contribution in [-0.2, 0) is 4.74 Å². The van der Waals surface area contributed by atoms with Crippen molar-refractivity contribution in [3.8, 4) is 0 Å². The van der Waals surface area contributed by atoms with E-state index in [-0.39, 0.29) is 11.3 Å². The molecule has 0 unspecified atom stereocenters. The van der Waals surface area contributed by atoms with Crippen LogP contribution in [0.5, 0.6) is 0 Å². The number of methoxy groups -OCH3 is 1. The zero-order valence-electron chi connectivity index (χ0n) is 11.0. The average Bonchev–Trinajstić information content (AvgIpc) is 2.50. The summed E-state index contributed by atoms with van der Waals surface area (Å²) < 4.78 is 30.4. The third-order valence-corrected chi connectivity index (χ3v) is 2.57. The van der Waals surface area contributed by atoms with Crippen LogP contribution in [0, 0.1) is 11.6 Å². The number of nitrogens with one attached hydrogen (secondary N) is 1. The van der Waals surface area contributed by atoms with Gasteiger partial charge in [-0.25, -0.2) is 13.6 Å². The molecule has 2 aromatic rings. The first-order valence-electron chi connectivity index (χ1n) is 5.91. The number of hydrogen-bond donors (Lipinski definition) is 1. The van der Waals surface area contributed by atoms with Gasteiger partial charge in [-0.1, -0.05) is 17.4 Å². The molecule has 0 bridgehead atoms. The second-order valence-corrected chi connectivity index (χ2v) is 3.95. The molecule has 0 saturated carbocycles. The van der Waals surface area contributed by atoms with Crippen LogP contribution in [0.15, 0.2) is 52.8 Å². The SMILES string of the molecule is COC(=O)c1ccccc1N=NNc1ccc(F)c(F)c1. The van der Waals surface area contributed by atoms with Crippen LogP contribution in [0.4, 0.5) is 20.2 Å². The zero-order chi connectivity index (χ0) is 15.2. The summed E-state index contributed by atoms with van der Waals surface area (Å²) in [5, 5.41) is 7.46. The number of carbonyl (C=O) groups is 1. The molecule has 21 heavy (non-hydrogen) atoms. The molecule has 0 radical (unpaired) electrons. The molecule has 0 aliphatic rings. The fourth-order valence-electron chi connectivity index (χ4n) is 1.55. The Bertz CT molecular complexity index is 690. The van der Waals surface area contributed by atoms with Crippen LogP contribution in [0.25, 0.3) is 0 Å². The van der Waals surface area contributed by atoms with Crippen LogP contribution in [0.3, 0.4) is 0 Å². The van der Waals surface area contributed by atoms with E-state index in [2.05, 4.69) is 20.5 Å². The number of esters is 1. The van der Waals surface area contributed by atoms with Gasteiger partial charge in [0, 0.05) is 6.07 Å². The van der Waals surface area contributed by atoms with E-state index in [9.17, 15) is 13.6 Å². The Hall–Kier alpha value is -2.83. The molecule has 0 aliphatic carbocycles. The van der Waals surface area contributed by atoms with Gasteiger partial charge in [0.25, 0.3) is 0 Å². The Labute approximate surface area is 119 Å². The molecule has 0 fully saturated rings. The molecule has 0 aliphatic heterocycles. The smallest absolute Gasteiger partial charge is 0.340 e. The molecule has 0 spiro atoms. The van der Waals surface area contributed by atoms with Crippen molar-refractivity contribution in [3.63, 3.8) is 0 Å². The highest BCUT2D eigenvalue weighted by atomic mass is 19.2. The molecule has 108 valence electrons. The summed E-state index contributed by atoms with van der Waals surface area (Å²) in [7, 11) is 1.26. The van der Waals surface area contributed by atoms with Gasteiger partial charge < -0.3 is 4.74 Å². The number of carbonyl (C=O) groups excluding carboxylic acids is 1. The van der Waals surface area contributed by atoms with Gasteiger partial charge in [-0.2, -0.15) is 0 Å². The Morgan fingerprint density at radius 2 is 1.90 bits per heavy atom. The van der Waals surface area contributed by atoms with E-state index in [1.54, 1.807) is 18.2 Å². The maximum atomic E-state index is 13.0. The second kappa shape index (κ2) is 6.56. The van der Waals surface area contributed by atoms with Crippen LogP contribution in [0.1, 0.15) is 10.4 Å². The molecule has 0 aromatic heterocycles. The third kappa shape index (κ3) is 3.59. The average molecular weight is 291 g/mol. The van der Waals surface area contributed by atoms with Gasteiger partial charge in [-0.3, -0.25) is 5.43 Å². The van der Waals surface area contributed by atoms with Crippen molar-refractivity contribution in [3.05, 3.63) is 59.7 Å². The van der Waals surface area contributed by atoms with Crippen molar-refractivity contribution >= 4 is 17.3 Å². The fraction of sp³-hybridized carbons (Fsp3) is 0.0714. The first-order valence-corrected chi connectivity index (χ1v) is 5.91. The molecule has 0 saturated heterocycles. The minimum Gasteiger partial charge on any atom is -0.465 e. The first-order chi connectivity index (χ1) is 10.1. The summed E-state index contributed by atoms with van der Waals surface area (Å²) in [6.07, 6.45) is 0. The highest BCUT2D eigenvalue weighted by molar-refractivity contribution is 5.94. The summed E-state index contributed by atoms with van der Waals surface area (Å²) >= 11 is 0. The maximum Gasteiger partial charge on any atom is 0.340 e. The minimum atomic E-state index is -0.995. The minimum absolute atomic E-state index is 0.230. The molecule has 5 nitrogen and oxygen atoms in total. The topological polar surface area (TPSA) is 63.0 Å². The quantitative estimate of drug-likeness (QED) is 0.528. The van der Waals surface area contributed by atoms with E-state index >= 15 is 0 Å². The Morgan fingerprint density at radius 3 is 2.62 bits per heavy atom. The molecule has 0 amide bonds. The van der Waals surface area contributed by atoms with E-state index in [1.807, 2.05) is 0 Å². The maximum absolute atomic E-state index is 13.0. The van der Waals surface area contributed by atoms with Gasteiger partial charge in [0.15, 0.2) is 11.6 Å². The number of hydrogen-bond acceptors (Lipinski definition) is 4. The molecular weight excluding hydrogens is 280 g/mol. The Kier molecular flexibility index (Phi) is 4.55. The Morgan fingerprint density at radius 1 is 1.14 bits per heavy atom. The number of anilines is 1. The van der Waals surface area contributed by atoms with Crippen LogP contribution in [-0.4, -0.2) is 13.1 Å². The van der Waals surface area contributed by atoms with Gasteiger partial charge >= 0.3 is 5.97 Å².